The molecule has 1 aromatic heterocycles. The fourth-order valence-electron chi connectivity index (χ4n) is 4.49. The summed E-state index contributed by atoms with van der Waals surface area (Å²) in [5.74, 6) is 3.45. The summed E-state index contributed by atoms with van der Waals surface area (Å²) in [6.07, 6.45) is 5.38. The van der Waals surface area contributed by atoms with Crippen molar-refractivity contribution in [3.05, 3.63) is 29.3 Å². The third-order valence-corrected chi connectivity index (χ3v) is 6.84. The van der Waals surface area contributed by atoms with Gasteiger partial charge in [-0.15, -0.1) is 5.10 Å². The first-order chi connectivity index (χ1) is 12.6. The first-order valence-electron chi connectivity index (χ1n) is 9.19. The summed E-state index contributed by atoms with van der Waals surface area (Å²) < 4.78 is 0. The van der Waals surface area contributed by atoms with Gasteiger partial charge in [-0.2, -0.15) is 0 Å². The predicted molar refractivity (Wildman–Crippen MR) is 104 cm³/mol. The molecule has 138 valence electrons. The lowest BCUT2D eigenvalue weighted by atomic mass is 9.84. The van der Waals surface area contributed by atoms with Crippen molar-refractivity contribution in [2.24, 2.45) is 17.8 Å². The van der Waals surface area contributed by atoms with Gasteiger partial charge in [0, 0.05) is 16.6 Å². The van der Waals surface area contributed by atoms with Gasteiger partial charge in [0.15, 0.2) is 5.82 Å². The standard InChI is InChI=1S/C19H23ClN4OS/c1-11(16-9-12-2-3-14(16)8-12)21-17(25)10-26-19-22-18(23-24-19)13-4-6-15(20)7-5-13/h4-7,11-12,14,16H,2-3,8-10H2,1H3,(H,21,25)(H,22,23,24). The van der Waals surface area contributed by atoms with Gasteiger partial charge in [0.1, 0.15) is 0 Å². The minimum absolute atomic E-state index is 0.0584. The van der Waals surface area contributed by atoms with E-state index in [1.807, 2.05) is 24.3 Å². The van der Waals surface area contributed by atoms with E-state index in [4.69, 9.17) is 11.6 Å². The Balaban J connectivity index is 1.27. The SMILES string of the molecule is CC(NC(=O)CSc1n[nH]c(-c2ccc(Cl)cc2)n1)C1CC2CCC1C2. The van der Waals surface area contributed by atoms with Gasteiger partial charge in [0.05, 0.1) is 5.75 Å². The summed E-state index contributed by atoms with van der Waals surface area (Å²) in [5.41, 5.74) is 0.920. The molecule has 2 aliphatic carbocycles. The number of hydrogen-bond acceptors (Lipinski definition) is 4. The van der Waals surface area contributed by atoms with Crippen LogP contribution in [0.3, 0.4) is 0 Å². The van der Waals surface area contributed by atoms with Crippen LogP contribution < -0.4 is 5.32 Å². The van der Waals surface area contributed by atoms with Crippen molar-refractivity contribution >= 4 is 29.3 Å². The number of rotatable bonds is 6. The fraction of sp³-hybridized carbons (Fsp3) is 0.526. The van der Waals surface area contributed by atoms with Crippen LogP contribution in [0.15, 0.2) is 29.4 Å². The van der Waals surface area contributed by atoms with Crippen LogP contribution in [-0.2, 0) is 4.79 Å². The van der Waals surface area contributed by atoms with Crippen LogP contribution in [0, 0.1) is 17.8 Å². The van der Waals surface area contributed by atoms with E-state index in [1.165, 1.54) is 37.4 Å². The van der Waals surface area contributed by atoms with E-state index in [9.17, 15) is 4.79 Å². The number of halogens is 1. The van der Waals surface area contributed by atoms with Gasteiger partial charge in [-0.3, -0.25) is 9.89 Å². The molecule has 0 aliphatic heterocycles. The highest BCUT2D eigenvalue weighted by molar-refractivity contribution is 7.99. The molecule has 0 saturated heterocycles. The number of H-pyrrole nitrogens is 1. The highest BCUT2D eigenvalue weighted by Crippen LogP contribution is 2.49. The predicted octanol–water partition coefficient (Wildman–Crippen LogP) is 4.16. The van der Waals surface area contributed by atoms with Gasteiger partial charge in [-0.1, -0.05) is 29.8 Å². The fourth-order valence-corrected chi connectivity index (χ4v) is 5.22. The zero-order valence-corrected chi connectivity index (χ0v) is 16.3. The van der Waals surface area contributed by atoms with E-state index in [-0.39, 0.29) is 11.9 Å². The van der Waals surface area contributed by atoms with Crippen molar-refractivity contribution in [2.75, 3.05) is 5.75 Å². The van der Waals surface area contributed by atoms with Gasteiger partial charge >= 0.3 is 0 Å². The average molecular weight is 391 g/mol. The van der Waals surface area contributed by atoms with Crippen LogP contribution in [0.5, 0.6) is 0 Å². The van der Waals surface area contributed by atoms with Crippen LogP contribution in [0.4, 0.5) is 0 Å². The molecule has 2 saturated carbocycles. The Morgan fingerprint density at radius 1 is 1.35 bits per heavy atom. The van der Waals surface area contributed by atoms with Crippen molar-refractivity contribution in [1.29, 1.82) is 0 Å². The lowest BCUT2D eigenvalue weighted by Crippen LogP contribution is -2.40. The third kappa shape index (κ3) is 3.91. The second kappa shape index (κ2) is 7.61. The Bertz CT molecular complexity index is 778. The van der Waals surface area contributed by atoms with Crippen LogP contribution in [0.1, 0.15) is 32.6 Å². The monoisotopic (exact) mass is 390 g/mol. The van der Waals surface area contributed by atoms with E-state index >= 15 is 0 Å². The summed E-state index contributed by atoms with van der Waals surface area (Å²) >= 11 is 7.26. The molecule has 1 aromatic carbocycles. The summed E-state index contributed by atoms with van der Waals surface area (Å²) in [7, 11) is 0. The summed E-state index contributed by atoms with van der Waals surface area (Å²) in [6, 6.07) is 7.67. The van der Waals surface area contributed by atoms with E-state index < -0.39 is 0 Å². The molecule has 7 heteroatoms. The van der Waals surface area contributed by atoms with Crippen molar-refractivity contribution in [3.8, 4) is 11.4 Å². The molecule has 2 N–H and O–H groups in total. The molecule has 4 rings (SSSR count). The van der Waals surface area contributed by atoms with E-state index in [0.29, 0.717) is 27.7 Å². The summed E-state index contributed by atoms with van der Waals surface area (Å²) in [6.45, 7) is 2.15. The Morgan fingerprint density at radius 3 is 2.85 bits per heavy atom. The van der Waals surface area contributed by atoms with Crippen LogP contribution in [-0.4, -0.2) is 32.9 Å². The van der Waals surface area contributed by atoms with Crippen LogP contribution in [0.2, 0.25) is 5.02 Å². The number of thioether (sulfide) groups is 1. The molecule has 4 unspecified atom stereocenters. The molecule has 0 radical (unpaired) electrons. The molecule has 0 spiro atoms. The first kappa shape index (κ1) is 17.9. The van der Waals surface area contributed by atoms with Gasteiger partial charge in [0.2, 0.25) is 11.1 Å². The molecule has 1 amide bonds. The lowest BCUT2D eigenvalue weighted by molar-refractivity contribution is -0.119. The second-order valence-corrected chi connectivity index (χ2v) is 8.84. The van der Waals surface area contributed by atoms with Crippen LogP contribution >= 0.6 is 23.4 Å². The van der Waals surface area contributed by atoms with Crippen molar-refractivity contribution < 1.29 is 4.79 Å². The quantitative estimate of drug-likeness (QED) is 0.726. The average Bonchev–Trinajstić information content (AvgIpc) is 3.37. The Labute approximate surface area is 162 Å². The minimum atomic E-state index is 0.0584. The molecule has 2 aromatic rings. The lowest BCUT2D eigenvalue weighted by Gasteiger charge is -2.28. The maximum absolute atomic E-state index is 12.3. The zero-order valence-electron chi connectivity index (χ0n) is 14.7. The van der Waals surface area contributed by atoms with Crippen molar-refractivity contribution in [3.63, 3.8) is 0 Å². The van der Waals surface area contributed by atoms with Gasteiger partial charge in [0.25, 0.3) is 0 Å². The Kier molecular flexibility index (Phi) is 5.23. The Hall–Kier alpha value is -1.53. The smallest absolute Gasteiger partial charge is 0.230 e. The number of aromatic nitrogens is 3. The van der Waals surface area contributed by atoms with Gasteiger partial charge < -0.3 is 5.32 Å². The maximum atomic E-state index is 12.3. The van der Waals surface area contributed by atoms with Crippen molar-refractivity contribution in [2.45, 2.75) is 43.8 Å². The molecule has 5 nitrogen and oxygen atoms in total. The normalized spacial score (nSPS) is 25.4. The number of benzene rings is 1. The highest BCUT2D eigenvalue weighted by Gasteiger charge is 2.42. The molecule has 1 heterocycles. The molecular formula is C19H23ClN4OS. The molecule has 2 aliphatic rings. The number of aromatic amines is 1. The topological polar surface area (TPSA) is 70.7 Å². The molecule has 2 fully saturated rings. The maximum Gasteiger partial charge on any atom is 0.230 e. The van der Waals surface area contributed by atoms with Crippen LogP contribution in [0.25, 0.3) is 11.4 Å². The number of fused-ring (bicyclic) bond motifs is 2. The number of hydrogen-bond donors (Lipinski definition) is 2. The number of carbonyl (C=O) groups is 1. The van der Waals surface area contributed by atoms with E-state index in [1.54, 1.807) is 0 Å². The number of nitrogens with one attached hydrogen (secondary N) is 2. The second-order valence-electron chi connectivity index (χ2n) is 7.46. The third-order valence-electron chi connectivity index (χ3n) is 5.74. The van der Waals surface area contributed by atoms with Gasteiger partial charge in [-0.05, 0) is 68.2 Å². The number of amides is 1. The zero-order chi connectivity index (χ0) is 18.1. The highest BCUT2D eigenvalue weighted by atomic mass is 35.5. The van der Waals surface area contributed by atoms with Gasteiger partial charge in [-0.25, -0.2) is 4.98 Å². The minimum Gasteiger partial charge on any atom is -0.353 e. The molecule has 26 heavy (non-hydrogen) atoms. The molecular weight excluding hydrogens is 368 g/mol. The number of nitrogens with zero attached hydrogens (tertiary/aromatic N) is 2. The molecule has 2 bridgehead atoms. The summed E-state index contributed by atoms with van der Waals surface area (Å²) in [4.78, 5) is 16.7. The Morgan fingerprint density at radius 2 is 2.15 bits per heavy atom. The number of carbonyl (C=O) groups excluding carboxylic acids is 1. The van der Waals surface area contributed by atoms with E-state index in [2.05, 4.69) is 27.4 Å². The first-order valence-corrected chi connectivity index (χ1v) is 10.6. The van der Waals surface area contributed by atoms with Crippen molar-refractivity contribution in [1.82, 2.24) is 20.5 Å². The summed E-state index contributed by atoms with van der Waals surface area (Å²) in [5, 5.41) is 11.5. The molecule has 4 atom stereocenters. The van der Waals surface area contributed by atoms with E-state index in [0.717, 1.165) is 17.4 Å². The largest absolute Gasteiger partial charge is 0.353 e.